The first-order chi connectivity index (χ1) is 11.9. The summed E-state index contributed by atoms with van der Waals surface area (Å²) in [6.07, 6.45) is 0.840. The number of ketones is 1. The number of benzene rings is 1. The molecule has 1 aromatic carbocycles. The number of allylic oxidation sites excluding steroid dienone is 1. The van der Waals surface area contributed by atoms with Crippen LogP contribution >= 0.6 is 0 Å². The predicted molar refractivity (Wildman–Crippen MR) is 87.1 cm³/mol. The fourth-order valence-electron chi connectivity index (χ4n) is 3.33. The Hall–Kier alpha value is -2.38. The van der Waals surface area contributed by atoms with Crippen LogP contribution in [0.2, 0.25) is 0 Å². The number of hydrogen-bond donors (Lipinski definition) is 2. The SMILES string of the molecule is COc1ccc(/C=C/C(=O)[C@@H]2C[C@]3(O)C[C@@H](OC3=O)[C@@H]2O)cc1OC. The maximum Gasteiger partial charge on any atom is 0.338 e. The molecule has 4 atom stereocenters. The summed E-state index contributed by atoms with van der Waals surface area (Å²) in [5.74, 6) is -0.921. The van der Waals surface area contributed by atoms with Crippen molar-refractivity contribution in [3.63, 3.8) is 0 Å². The maximum atomic E-state index is 12.4. The van der Waals surface area contributed by atoms with Crippen LogP contribution in [0.5, 0.6) is 11.5 Å². The average Bonchev–Trinajstić information content (AvgIpc) is 2.87. The molecule has 0 amide bonds. The topological polar surface area (TPSA) is 102 Å². The van der Waals surface area contributed by atoms with Crippen molar-refractivity contribution in [1.82, 2.24) is 0 Å². The summed E-state index contributed by atoms with van der Waals surface area (Å²) in [7, 11) is 3.05. The van der Waals surface area contributed by atoms with Crippen LogP contribution in [-0.2, 0) is 14.3 Å². The number of aliphatic hydroxyl groups excluding tert-OH is 1. The van der Waals surface area contributed by atoms with E-state index < -0.39 is 29.7 Å². The van der Waals surface area contributed by atoms with Gasteiger partial charge in [0.2, 0.25) is 0 Å². The Labute approximate surface area is 144 Å². The number of esters is 1. The number of ether oxygens (including phenoxy) is 3. The molecule has 2 N–H and O–H groups in total. The molecule has 3 rings (SSSR count). The normalized spacial score (nSPS) is 31.0. The Morgan fingerprint density at radius 2 is 2.00 bits per heavy atom. The maximum absolute atomic E-state index is 12.4. The number of methoxy groups -OCH3 is 2. The van der Waals surface area contributed by atoms with Crippen molar-refractivity contribution in [1.29, 1.82) is 0 Å². The molecular weight excluding hydrogens is 328 g/mol. The largest absolute Gasteiger partial charge is 0.493 e. The third-order valence-electron chi connectivity index (χ3n) is 4.74. The van der Waals surface area contributed by atoms with E-state index in [-0.39, 0.29) is 18.6 Å². The molecule has 25 heavy (non-hydrogen) atoms. The summed E-state index contributed by atoms with van der Waals surface area (Å²) >= 11 is 0. The summed E-state index contributed by atoms with van der Waals surface area (Å²) in [5, 5.41) is 20.5. The fourth-order valence-corrected chi connectivity index (χ4v) is 3.33. The minimum absolute atomic E-state index is 0.0240. The third-order valence-corrected chi connectivity index (χ3v) is 4.74. The van der Waals surface area contributed by atoms with Crippen molar-refractivity contribution in [2.24, 2.45) is 5.92 Å². The van der Waals surface area contributed by atoms with Gasteiger partial charge in [0.1, 0.15) is 12.2 Å². The summed E-state index contributed by atoms with van der Waals surface area (Å²) in [6, 6.07) is 5.18. The zero-order valence-electron chi connectivity index (χ0n) is 14.0. The number of fused-ring (bicyclic) bond motifs is 2. The Bertz CT molecular complexity index is 726. The average molecular weight is 348 g/mol. The molecule has 2 aliphatic rings. The van der Waals surface area contributed by atoms with E-state index in [1.807, 2.05) is 0 Å². The van der Waals surface area contributed by atoms with Crippen molar-refractivity contribution in [2.45, 2.75) is 30.7 Å². The molecule has 7 nitrogen and oxygen atoms in total. The summed E-state index contributed by atoms with van der Waals surface area (Å²) < 4.78 is 15.3. The summed E-state index contributed by atoms with van der Waals surface area (Å²) in [5.41, 5.74) is -0.966. The minimum atomic E-state index is -1.68. The number of carbonyl (C=O) groups excluding carboxylic acids is 2. The van der Waals surface area contributed by atoms with E-state index in [9.17, 15) is 19.8 Å². The second-order valence-corrected chi connectivity index (χ2v) is 6.33. The molecule has 2 bridgehead atoms. The smallest absolute Gasteiger partial charge is 0.338 e. The van der Waals surface area contributed by atoms with Crippen LogP contribution < -0.4 is 9.47 Å². The highest BCUT2D eigenvalue weighted by Gasteiger charge is 2.58. The van der Waals surface area contributed by atoms with Gasteiger partial charge >= 0.3 is 5.97 Å². The molecule has 1 heterocycles. The van der Waals surface area contributed by atoms with Gasteiger partial charge < -0.3 is 24.4 Å². The Kier molecular flexibility index (Phi) is 4.53. The fraction of sp³-hybridized carbons (Fsp3) is 0.444. The molecule has 1 aliphatic heterocycles. The van der Waals surface area contributed by atoms with Gasteiger partial charge in [0.05, 0.1) is 20.1 Å². The Morgan fingerprint density at radius 3 is 2.68 bits per heavy atom. The van der Waals surface area contributed by atoms with E-state index >= 15 is 0 Å². The first-order valence-electron chi connectivity index (χ1n) is 7.93. The molecule has 0 unspecified atom stereocenters. The highest BCUT2D eigenvalue weighted by Crippen LogP contribution is 2.41. The second-order valence-electron chi connectivity index (χ2n) is 6.33. The van der Waals surface area contributed by atoms with Gasteiger partial charge in [0.25, 0.3) is 0 Å². The van der Waals surface area contributed by atoms with Crippen LogP contribution in [0.3, 0.4) is 0 Å². The minimum Gasteiger partial charge on any atom is -0.493 e. The second kappa shape index (κ2) is 6.50. The zero-order valence-corrected chi connectivity index (χ0v) is 14.0. The van der Waals surface area contributed by atoms with Crippen LogP contribution in [0.4, 0.5) is 0 Å². The van der Waals surface area contributed by atoms with Crippen LogP contribution in [0.1, 0.15) is 18.4 Å². The summed E-state index contributed by atoms with van der Waals surface area (Å²) in [4.78, 5) is 24.1. The first-order valence-corrected chi connectivity index (χ1v) is 7.93. The van der Waals surface area contributed by atoms with Crippen molar-refractivity contribution < 1.29 is 34.0 Å². The lowest BCUT2D eigenvalue weighted by atomic mass is 9.75. The number of hydrogen-bond acceptors (Lipinski definition) is 7. The zero-order chi connectivity index (χ0) is 18.2. The molecular formula is C18H20O7. The van der Waals surface area contributed by atoms with Crippen LogP contribution in [0, 0.1) is 5.92 Å². The molecule has 1 aromatic rings. The lowest BCUT2D eigenvalue weighted by Crippen LogP contribution is -2.48. The molecule has 134 valence electrons. The Balaban J connectivity index is 1.76. The molecule has 7 heteroatoms. The van der Waals surface area contributed by atoms with Crippen LogP contribution in [0.25, 0.3) is 6.08 Å². The third kappa shape index (κ3) is 3.12. The molecule has 1 saturated carbocycles. The summed E-state index contributed by atoms with van der Waals surface area (Å²) in [6.45, 7) is 0. The van der Waals surface area contributed by atoms with Gasteiger partial charge in [-0.1, -0.05) is 12.1 Å². The number of carbonyl (C=O) groups is 2. The lowest BCUT2D eigenvalue weighted by Gasteiger charge is -2.32. The predicted octanol–water partition coefficient (Wildman–Crippen LogP) is 0.714. The van der Waals surface area contributed by atoms with Gasteiger partial charge in [-0.05, 0) is 30.2 Å². The van der Waals surface area contributed by atoms with E-state index in [4.69, 9.17) is 14.2 Å². The standard InChI is InChI=1S/C18H20O7/c1-23-13-6-4-10(7-14(13)24-2)3-5-12(19)11-8-18(22)9-15(16(11)20)25-17(18)21/h3-7,11,15-16,20,22H,8-9H2,1-2H3/b5-3+/t11-,15+,16+,18-/m0/s1. The van der Waals surface area contributed by atoms with Crippen molar-refractivity contribution in [3.8, 4) is 11.5 Å². The van der Waals surface area contributed by atoms with Crippen molar-refractivity contribution in [3.05, 3.63) is 29.8 Å². The van der Waals surface area contributed by atoms with Gasteiger partial charge in [-0.2, -0.15) is 0 Å². The van der Waals surface area contributed by atoms with Gasteiger partial charge in [0.15, 0.2) is 22.9 Å². The van der Waals surface area contributed by atoms with Crippen molar-refractivity contribution in [2.75, 3.05) is 14.2 Å². The van der Waals surface area contributed by atoms with Gasteiger partial charge in [-0.3, -0.25) is 4.79 Å². The molecule has 1 saturated heterocycles. The van der Waals surface area contributed by atoms with Gasteiger partial charge in [-0.15, -0.1) is 0 Å². The number of aliphatic hydroxyl groups is 2. The van der Waals surface area contributed by atoms with Crippen LogP contribution in [0.15, 0.2) is 24.3 Å². The molecule has 0 spiro atoms. The monoisotopic (exact) mass is 348 g/mol. The molecule has 0 radical (unpaired) electrons. The molecule has 2 fully saturated rings. The highest BCUT2D eigenvalue weighted by atomic mass is 16.6. The lowest BCUT2D eigenvalue weighted by molar-refractivity contribution is -0.154. The van der Waals surface area contributed by atoms with E-state index in [0.29, 0.717) is 17.1 Å². The highest BCUT2D eigenvalue weighted by molar-refractivity contribution is 5.97. The Morgan fingerprint density at radius 1 is 1.28 bits per heavy atom. The quantitative estimate of drug-likeness (QED) is 0.597. The van der Waals surface area contributed by atoms with E-state index in [1.54, 1.807) is 24.3 Å². The van der Waals surface area contributed by atoms with E-state index in [0.717, 1.165) is 0 Å². The van der Waals surface area contributed by atoms with Crippen LogP contribution in [-0.4, -0.2) is 54.0 Å². The van der Waals surface area contributed by atoms with E-state index in [2.05, 4.69) is 0 Å². The van der Waals surface area contributed by atoms with Gasteiger partial charge in [-0.25, -0.2) is 4.79 Å². The molecule has 1 aliphatic carbocycles. The molecule has 0 aromatic heterocycles. The number of rotatable bonds is 5. The van der Waals surface area contributed by atoms with Crippen molar-refractivity contribution >= 4 is 17.8 Å². The van der Waals surface area contributed by atoms with Gasteiger partial charge in [0, 0.05) is 6.42 Å². The first kappa shape index (κ1) is 17.4. The van der Waals surface area contributed by atoms with E-state index in [1.165, 1.54) is 20.3 Å².